The Balaban J connectivity index is 1.37. The van der Waals surface area contributed by atoms with Crippen LogP contribution in [0.4, 0.5) is 5.69 Å². The number of fused-ring (bicyclic) bond motifs is 1. The van der Waals surface area contributed by atoms with E-state index >= 15 is 0 Å². The lowest BCUT2D eigenvalue weighted by molar-refractivity contribution is 0.0968. The Kier molecular flexibility index (Phi) is 5.48. The van der Waals surface area contributed by atoms with Crippen molar-refractivity contribution in [1.82, 2.24) is 13.8 Å². The van der Waals surface area contributed by atoms with Gasteiger partial charge in [0.05, 0.1) is 18.0 Å². The summed E-state index contributed by atoms with van der Waals surface area (Å²) in [4.78, 5) is 22.6. The molecule has 1 fully saturated rings. The maximum absolute atomic E-state index is 12.7. The normalized spacial score (nSPS) is 16.6. The van der Waals surface area contributed by atoms with Crippen LogP contribution in [0.3, 0.4) is 0 Å². The number of rotatable bonds is 5. The predicted molar refractivity (Wildman–Crippen MR) is 114 cm³/mol. The third kappa shape index (κ3) is 3.97. The van der Waals surface area contributed by atoms with Crippen molar-refractivity contribution in [3.63, 3.8) is 0 Å². The van der Waals surface area contributed by atoms with Crippen LogP contribution in [-0.4, -0.2) is 57.8 Å². The van der Waals surface area contributed by atoms with Crippen molar-refractivity contribution in [2.24, 2.45) is 0 Å². The summed E-state index contributed by atoms with van der Waals surface area (Å²) >= 11 is 1.35. The number of pyridine rings is 1. The largest absolute Gasteiger partial charge is 0.390 e. The standard InChI is InChI=1S/C21H26N4O2S/c1-15-12-16(2)22-20-19(15)21(27)25(28-20)14-18(26)13-23-8-10-24(11-9-23)17-6-4-3-5-7-17/h3-7,12,18,26H,8-11,13-14H2,1-2H3. The van der Waals surface area contributed by atoms with Crippen LogP contribution >= 0.6 is 11.5 Å². The van der Waals surface area contributed by atoms with Gasteiger partial charge in [0.15, 0.2) is 0 Å². The van der Waals surface area contributed by atoms with Crippen LogP contribution in [-0.2, 0) is 6.54 Å². The molecule has 3 heterocycles. The van der Waals surface area contributed by atoms with E-state index in [1.165, 1.54) is 17.2 Å². The van der Waals surface area contributed by atoms with Crippen LogP contribution in [0.2, 0.25) is 0 Å². The highest BCUT2D eigenvalue weighted by molar-refractivity contribution is 7.13. The number of aliphatic hydroxyl groups is 1. The molecule has 0 aliphatic carbocycles. The molecular weight excluding hydrogens is 372 g/mol. The summed E-state index contributed by atoms with van der Waals surface area (Å²) in [5, 5.41) is 11.3. The Bertz CT molecular complexity index is 1010. The predicted octanol–water partition coefficient (Wildman–Crippen LogP) is 2.26. The van der Waals surface area contributed by atoms with Crippen molar-refractivity contribution in [3.8, 4) is 0 Å². The molecule has 0 amide bonds. The van der Waals surface area contributed by atoms with Crippen LogP contribution in [0.1, 0.15) is 11.3 Å². The van der Waals surface area contributed by atoms with Crippen LogP contribution < -0.4 is 10.5 Å². The van der Waals surface area contributed by atoms with Gasteiger partial charge in [-0.2, -0.15) is 0 Å². The molecule has 0 radical (unpaired) electrons. The molecule has 1 unspecified atom stereocenters. The number of hydrogen-bond donors (Lipinski definition) is 1. The first kappa shape index (κ1) is 19.1. The Labute approximate surface area is 168 Å². The lowest BCUT2D eigenvalue weighted by Crippen LogP contribution is -2.49. The van der Waals surface area contributed by atoms with Gasteiger partial charge in [-0.1, -0.05) is 18.2 Å². The molecule has 0 saturated carbocycles. The van der Waals surface area contributed by atoms with Gasteiger partial charge in [-0.15, -0.1) is 0 Å². The summed E-state index contributed by atoms with van der Waals surface area (Å²) < 4.78 is 1.65. The number of para-hydroxylation sites is 1. The van der Waals surface area contributed by atoms with E-state index in [1.807, 2.05) is 26.0 Å². The zero-order valence-electron chi connectivity index (χ0n) is 16.3. The molecule has 0 spiro atoms. The number of aromatic nitrogens is 2. The van der Waals surface area contributed by atoms with Gasteiger partial charge in [0.1, 0.15) is 4.83 Å². The highest BCUT2D eigenvalue weighted by atomic mass is 32.1. The minimum absolute atomic E-state index is 0.0436. The van der Waals surface area contributed by atoms with E-state index in [1.54, 1.807) is 3.96 Å². The van der Waals surface area contributed by atoms with E-state index in [0.29, 0.717) is 18.5 Å². The SMILES string of the molecule is Cc1cc(C)c2c(=O)n(CC(O)CN3CCN(c4ccccc4)CC3)sc2n1. The van der Waals surface area contributed by atoms with Gasteiger partial charge >= 0.3 is 0 Å². The quantitative estimate of drug-likeness (QED) is 0.714. The van der Waals surface area contributed by atoms with E-state index in [9.17, 15) is 9.90 Å². The minimum atomic E-state index is -0.574. The van der Waals surface area contributed by atoms with E-state index in [2.05, 4.69) is 39.0 Å². The number of benzene rings is 1. The molecule has 1 atom stereocenters. The van der Waals surface area contributed by atoms with Gasteiger partial charge < -0.3 is 10.0 Å². The van der Waals surface area contributed by atoms with Gasteiger partial charge in [-0.3, -0.25) is 13.7 Å². The maximum atomic E-state index is 12.7. The van der Waals surface area contributed by atoms with Gasteiger partial charge in [-0.05, 0) is 49.1 Å². The fourth-order valence-electron chi connectivity index (χ4n) is 3.89. The monoisotopic (exact) mass is 398 g/mol. The molecule has 1 aliphatic heterocycles. The minimum Gasteiger partial charge on any atom is -0.390 e. The number of anilines is 1. The van der Waals surface area contributed by atoms with Gasteiger partial charge in [0.2, 0.25) is 0 Å². The highest BCUT2D eigenvalue weighted by Crippen LogP contribution is 2.20. The molecular formula is C21H26N4O2S. The third-order valence-electron chi connectivity index (χ3n) is 5.29. The van der Waals surface area contributed by atoms with E-state index < -0.39 is 6.10 Å². The molecule has 1 aromatic carbocycles. The summed E-state index contributed by atoms with van der Waals surface area (Å²) in [5.41, 5.74) is 3.07. The van der Waals surface area contributed by atoms with Crippen LogP contribution in [0.15, 0.2) is 41.2 Å². The maximum Gasteiger partial charge on any atom is 0.270 e. The first-order valence-electron chi connectivity index (χ1n) is 9.70. The highest BCUT2D eigenvalue weighted by Gasteiger charge is 2.21. The van der Waals surface area contributed by atoms with E-state index in [4.69, 9.17) is 0 Å². The second-order valence-corrected chi connectivity index (χ2v) is 8.51. The van der Waals surface area contributed by atoms with Crippen molar-refractivity contribution in [2.75, 3.05) is 37.6 Å². The molecule has 1 aliphatic rings. The Morgan fingerprint density at radius 1 is 1.11 bits per heavy atom. The zero-order valence-corrected chi connectivity index (χ0v) is 17.2. The fourth-order valence-corrected chi connectivity index (χ4v) is 5.05. The van der Waals surface area contributed by atoms with E-state index in [-0.39, 0.29) is 5.56 Å². The average molecular weight is 399 g/mol. The van der Waals surface area contributed by atoms with Crippen LogP contribution in [0, 0.1) is 13.8 Å². The topological polar surface area (TPSA) is 61.6 Å². The lowest BCUT2D eigenvalue weighted by atomic mass is 10.2. The molecule has 3 aromatic rings. The van der Waals surface area contributed by atoms with Crippen molar-refractivity contribution in [1.29, 1.82) is 0 Å². The third-order valence-corrected chi connectivity index (χ3v) is 6.29. The van der Waals surface area contributed by atoms with Crippen molar-refractivity contribution in [3.05, 3.63) is 58.0 Å². The summed E-state index contributed by atoms with van der Waals surface area (Å²) in [6.07, 6.45) is -0.574. The van der Waals surface area contributed by atoms with Crippen molar-refractivity contribution < 1.29 is 5.11 Å². The molecule has 1 saturated heterocycles. The average Bonchev–Trinajstić information content (AvgIpc) is 2.98. The first-order valence-corrected chi connectivity index (χ1v) is 10.5. The zero-order chi connectivity index (χ0) is 19.7. The number of nitrogens with zero attached hydrogens (tertiary/aromatic N) is 4. The number of aliphatic hydroxyl groups excluding tert-OH is 1. The van der Waals surface area contributed by atoms with E-state index in [0.717, 1.165) is 42.3 Å². The molecule has 6 nitrogen and oxygen atoms in total. The smallest absolute Gasteiger partial charge is 0.270 e. The fraction of sp³-hybridized carbons (Fsp3) is 0.429. The molecule has 2 aromatic heterocycles. The molecule has 1 N–H and O–H groups in total. The lowest BCUT2D eigenvalue weighted by Gasteiger charge is -2.36. The number of piperazine rings is 1. The Morgan fingerprint density at radius 2 is 1.82 bits per heavy atom. The second-order valence-electron chi connectivity index (χ2n) is 7.50. The summed E-state index contributed by atoms with van der Waals surface area (Å²) in [6, 6.07) is 12.4. The van der Waals surface area contributed by atoms with Crippen molar-refractivity contribution >= 4 is 27.4 Å². The van der Waals surface area contributed by atoms with Crippen molar-refractivity contribution in [2.45, 2.75) is 26.5 Å². The molecule has 7 heteroatoms. The molecule has 4 rings (SSSR count). The Hall–Kier alpha value is -2.22. The molecule has 28 heavy (non-hydrogen) atoms. The summed E-state index contributed by atoms with van der Waals surface area (Å²) in [6.45, 7) is 8.49. The van der Waals surface area contributed by atoms with Gasteiger partial charge in [0.25, 0.3) is 5.56 Å². The number of aryl methyl sites for hydroxylation is 2. The van der Waals surface area contributed by atoms with Gasteiger partial charge in [-0.25, -0.2) is 4.98 Å². The first-order chi connectivity index (χ1) is 13.5. The second kappa shape index (κ2) is 8.03. The summed E-state index contributed by atoms with van der Waals surface area (Å²) in [7, 11) is 0. The van der Waals surface area contributed by atoms with Crippen LogP contribution in [0.5, 0.6) is 0 Å². The number of β-amino-alcohol motifs (C(OH)–C–C–N with tert-alkyl or cyclic N) is 1. The Morgan fingerprint density at radius 3 is 2.54 bits per heavy atom. The van der Waals surface area contributed by atoms with Crippen LogP contribution in [0.25, 0.3) is 10.2 Å². The number of hydrogen-bond acceptors (Lipinski definition) is 6. The summed E-state index contributed by atoms with van der Waals surface area (Å²) in [5.74, 6) is 0. The van der Waals surface area contributed by atoms with Gasteiger partial charge in [0, 0.05) is 44.1 Å². The molecule has 148 valence electrons. The molecule has 0 bridgehead atoms.